The molecule has 0 aliphatic heterocycles. The number of nitrogens with zero attached hydrogens (tertiary/aromatic N) is 4. The van der Waals surface area contributed by atoms with Gasteiger partial charge in [-0.15, -0.1) is 0 Å². The summed E-state index contributed by atoms with van der Waals surface area (Å²) in [5, 5.41) is 11.6. The minimum atomic E-state index is -0.143. The van der Waals surface area contributed by atoms with Crippen molar-refractivity contribution < 1.29 is 14.7 Å². The van der Waals surface area contributed by atoms with Crippen LogP contribution in [0, 0.1) is 5.92 Å². The van der Waals surface area contributed by atoms with Crippen LogP contribution in [-0.2, 0) is 0 Å². The number of hydrogen-bond donors (Lipinski definition) is 2. The smallest absolute Gasteiger partial charge is 0.231 e. The maximum absolute atomic E-state index is 8.63. The minimum Gasteiger partial charge on any atom is -0.481 e. The number of methoxy groups -OCH3 is 2. The van der Waals surface area contributed by atoms with E-state index in [1.54, 1.807) is 18.0 Å². The zero-order chi connectivity index (χ0) is 14.4. The first kappa shape index (κ1) is 14.8. The van der Waals surface area contributed by atoms with E-state index in [4.69, 9.17) is 20.4 Å². The van der Waals surface area contributed by atoms with E-state index in [1.807, 2.05) is 6.92 Å². The van der Waals surface area contributed by atoms with E-state index >= 15 is 0 Å². The summed E-state index contributed by atoms with van der Waals surface area (Å²) in [6.07, 6.45) is 0. The van der Waals surface area contributed by atoms with E-state index in [1.165, 1.54) is 14.2 Å². The van der Waals surface area contributed by atoms with Crippen molar-refractivity contribution in [1.29, 1.82) is 0 Å². The highest BCUT2D eigenvalue weighted by Crippen LogP contribution is 2.19. The Morgan fingerprint density at radius 1 is 1.42 bits per heavy atom. The molecule has 19 heavy (non-hydrogen) atoms. The van der Waals surface area contributed by atoms with Gasteiger partial charge in [0.1, 0.15) is 5.84 Å². The van der Waals surface area contributed by atoms with Crippen molar-refractivity contribution in [2.24, 2.45) is 16.8 Å². The molecule has 1 heterocycles. The largest absolute Gasteiger partial charge is 0.481 e. The van der Waals surface area contributed by atoms with Gasteiger partial charge in [0.25, 0.3) is 0 Å². The van der Waals surface area contributed by atoms with Crippen LogP contribution in [0.3, 0.4) is 0 Å². The predicted molar refractivity (Wildman–Crippen MR) is 71.0 cm³/mol. The third kappa shape index (κ3) is 3.87. The molecule has 0 radical (unpaired) electrons. The molecule has 1 atom stereocenters. The Morgan fingerprint density at radius 2 is 1.95 bits per heavy atom. The first-order chi connectivity index (χ1) is 9.01. The van der Waals surface area contributed by atoms with Crippen molar-refractivity contribution in [3.05, 3.63) is 6.07 Å². The summed E-state index contributed by atoms with van der Waals surface area (Å²) < 4.78 is 10.1. The van der Waals surface area contributed by atoms with Gasteiger partial charge in [-0.3, -0.25) is 0 Å². The lowest BCUT2D eigenvalue weighted by molar-refractivity contribution is 0.314. The molecule has 1 aromatic heterocycles. The fraction of sp³-hybridized carbons (Fsp3) is 0.545. The van der Waals surface area contributed by atoms with Crippen LogP contribution in [0.5, 0.6) is 11.8 Å². The Morgan fingerprint density at radius 3 is 2.37 bits per heavy atom. The van der Waals surface area contributed by atoms with Crippen LogP contribution >= 0.6 is 0 Å². The molecular formula is C11H19N5O3. The summed E-state index contributed by atoms with van der Waals surface area (Å²) in [4.78, 5) is 10.2. The van der Waals surface area contributed by atoms with Crippen LogP contribution in [0.25, 0.3) is 0 Å². The zero-order valence-electron chi connectivity index (χ0n) is 11.5. The van der Waals surface area contributed by atoms with Crippen molar-refractivity contribution in [3.63, 3.8) is 0 Å². The predicted octanol–water partition coefficient (Wildman–Crippen LogP) is 0.312. The normalized spacial score (nSPS) is 12.9. The molecule has 0 amide bonds. The SMILES string of the molecule is COc1cc(OC)nc(N(C)CC(C)/C(N)=N/O)n1. The van der Waals surface area contributed by atoms with E-state index in [0.29, 0.717) is 24.3 Å². The van der Waals surface area contributed by atoms with Gasteiger partial charge < -0.3 is 25.3 Å². The number of ether oxygens (including phenoxy) is 2. The van der Waals surface area contributed by atoms with E-state index in [0.717, 1.165) is 0 Å². The lowest BCUT2D eigenvalue weighted by Crippen LogP contribution is -2.33. The molecule has 1 aromatic rings. The second kappa shape index (κ2) is 6.62. The summed E-state index contributed by atoms with van der Waals surface area (Å²) in [6, 6.07) is 1.59. The van der Waals surface area contributed by atoms with Crippen LogP contribution < -0.4 is 20.1 Å². The molecule has 3 N–H and O–H groups in total. The fourth-order valence-electron chi connectivity index (χ4n) is 1.46. The highest BCUT2D eigenvalue weighted by Gasteiger charge is 2.15. The van der Waals surface area contributed by atoms with Crippen LogP contribution in [0.15, 0.2) is 11.2 Å². The van der Waals surface area contributed by atoms with Gasteiger partial charge >= 0.3 is 0 Å². The van der Waals surface area contributed by atoms with Gasteiger partial charge in [0.05, 0.1) is 20.3 Å². The monoisotopic (exact) mass is 269 g/mol. The first-order valence-corrected chi connectivity index (χ1v) is 5.67. The number of anilines is 1. The van der Waals surface area contributed by atoms with Crippen LogP contribution in [0.4, 0.5) is 5.95 Å². The molecule has 0 saturated carbocycles. The number of hydrogen-bond acceptors (Lipinski definition) is 7. The van der Waals surface area contributed by atoms with Crippen LogP contribution in [0.1, 0.15) is 6.92 Å². The average Bonchev–Trinajstić information content (AvgIpc) is 2.45. The molecule has 0 bridgehead atoms. The molecule has 0 aliphatic carbocycles. The average molecular weight is 269 g/mol. The lowest BCUT2D eigenvalue weighted by atomic mass is 10.1. The molecule has 1 rings (SSSR count). The van der Waals surface area contributed by atoms with Crippen molar-refractivity contribution >= 4 is 11.8 Å². The molecule has 0 saturated heterocycles. The number of aromatic nitrogens is 2. The number of oxime groups is 1. The zero-order valence-corrected chi connectivity index (χ0v) is 11.5. The van der Waals surface area contributed by atoms with E-state index in [-0.39, 0.29) is 11.8 Å². The van der Waals surface area contributed by atoms with Crippen LogP contribution in [-0.4, -0.2) is 48.8 Å². The summed E-state index contributed by atoms with van der Waals surface area (Å²) in [6.45, 7) is 2.33. The maximum Gasteiger partial charge on any atom is 0.231 e. The Hall–Kier alpha value is -2.25. The highest BCUT2D eigenvalue weighted by molar-refractivity contribution is 5.82. The molecule has 8 heteroatoms. The Kier molecular flexibility index (Phi) is 5.16. The Labute approximate surface area is 111 Å². The van der Waals surface area contributed by atoms with E-state index in [2.05, 4.69) is 15.1 Å². The van der Waals surface area contributed by atoms with Crippen molar-refractivity contribution in [2.45, 2.75) is 6.92 Å². The summed E-state index contributed by atoms with van der Waals surface area (Å²) >= 11 is 0. The molecule has 106 valence electrons. The summed E-state index contributed by atoms with van der Waals surface area (Å²) in [5.41, 5.74) is 5.54. The third-order valence-electron chi connectivity index (χ3n) is 2.60. The maximum atomic E-state index is 8.63. The second-order valence-electron chi connectivity index (χ2n) is 4.06. The highest BCUT2D eigenvalue weighted by atomic mass is 16.5. The van der Waals surface area contributed by atoms with Crippen molar-refractivity contribution in [1.82, 2.24) is 9.97 Å². The second-order valence-corrected chi connectivity index (χ2v) is 4.06. The van der Waals surface area contributed by atoms with Gasteiger partial charge in [0.2, 0.25) is 17.7 Å². The topological polar surface area (TPSA) is 106 Å². The Balaban J connectivity index is 2.89. The molecule has 0 aliphatic rings. The van der Waals surface area contributed by atoms with E-state index < -0.39 is 0 Å². The van der Waals surface area contributed by atoms with Gasteiger partial charge in [0.15, 0.2) is 0 Å². The fourth-order valence-corrected chi connectivity index (χ4v) is 1.46. The standard InChI is InChI=1S/C11H19N5O3/c1-7(10(12)15-17)6-16(2)11-13-8(18-3)5-9(14-11)19-4/h5,7,17H,6H2,1-4H3,(H2,12,15). The molecule has 0 fully saturated rings. The number of nitrogens with two attached hydrogens (primary N) is 1. The van der Waals surface area contributed by atoms with Crippen molar-refractivity contribution in [2.75, 3.05) is 32.7 Å². The summed E-state index contributed by atoms with van der Waals surface area (Å²) in [5.74, 6) is 1.27. The molecule has 1 unspecified atom stereocenters. The molecular weight excluding hydrogens is 250 g/mol. The lowest BCUT2D eigenvalue weighted by Gasteiger charge is -2.21. The van der Waals surface area contributed by atoms with Crippen LogP contribution in [0.2, 0.25) is 0 Å². The van der Waals surface area contributed by atoms with E-state index in [9.17, 15) is 0 Å². The van der Waals surface area contributed by atoms with Gasteiger partial charge in [-0.05, 0) is 0 Å². The number of amidine groups is 1. The molecule has 0 aromatic carbocycles. The molecule has 0 spiro atoms. The van der Waals surface area contributed by atoms with Gasteiger partial charge in [-0.25, -0.2) is 0 Å². The third-order valence-corrected chi connectivity index (χ3v) is 2.60. The molecule has 8 nitrogen and oxygen atoms in total. The number of rotatable bonds is 6. The first-order valence-electron chi connectivity index (χ1n) is 5.67. The minimum absolute atomic E-state index is 0.143. The summed E-state index contributed by atoms with van der Waals surface area (Å²) in [7, 11) is 4.84. The van der Waals surface area contributed by atoms with Gasteiger partial charge in [-0.1, -0.05) is 12.1 Å². The Bertz CT molecular complexity index is 430. The van der Waals surface area contributed by atoms with Gasteiger partial charge in [0, 0.05) is 19.5 Å². The quantitative estimate of drug-likeness (QED) is 0.331. The van der Waals surface area contributed by atoms with Crippen molar-refractivity contribution in [3.8, 4) is 11.8 Å². The van der Waals surface area contributed by atoms with Gasteiger partial charge in [-0.2, -0.15) is 9.97 Å².